The first-order chi connectivity index (χ1) is 9.81. The number of rotatable bonds is 3. The lowest BCUT2D eigenvalue weighted by atomic mass is 9.77. The average Bonchev–Trinajstić information content (AvgIpc) is 2.40. The molecule has 1 heterocycles. The van der Waals surface area contributed by atoms with Crippen LogP contribution in [0.15, 0.2) is 18.2 Å². The SMILES string of the molecule is Cc1cc([N+](=O)[O-])ccc1NC(=O)C1NCCCC1(C)C. The zero-order chi connectivity index (χ0) is 15.6. The van der Waals surface area contributed by atoms with Gasteiger partial charge in [0.25, 0.3) is 5.69 Å². The summed E-state index contributed by atoms with van der Waals surface area (Å²) in [6, 6.07) is 4.21. The number of benzene rings is 1. The molecule has 1 aromatic rings. The summed E-state index contributed by atoms with van der Waals surface area (Å²) in [5, 5.41) is 16.9. The Bertz CT molecular complexity index is 569. The number of hydrogen-bond acceptors (Lipinski definition) is 4. The van der Waals surface area contributed by atoms with Crippen molar-refractivity contribution < 1.29 is 9.72 Å². The third kappa shape index (κ3) is 3.39. The predicted molar refractivity (Wildman–Crippen MR) is 81.3 cm³/mol. The average molecular weight is 291 g/mol. The van der Waals surface area contributed by atoms with Gasteiger partial charge in [-0.1, -0.05) is 13.8 Å². The van der Waals surface area contributed by atoms with Crippen molar-refractivity contribution in [2.24, 2.45) is 5.41 Å². The van der Waals surface area contributed by atoms with Gasteiger partial charge in [-0.25, -0.2) is 0 Å². The van der Waals surface area contributed by atoms with Crippen LogP contribution < -0.4 is 10.6 Å². The molecule has 1 aliphatic heterocycles. The van der Waals surface area contributed by atoms with Crippen LogP contribution in [-0.4, -0.2) is 23.4 Å². The van der Waals surface area contributed by atoms with Gasteiger partial charge in [0, 0.05) is 17.8 Å². The number of nitro benzene ring substituents is 1. The lowest BCUT2D eigenvalue weighted by Crippen LogP contribution is -2.53. The molecule has 2 N–H and O–H groups in total. The van der Waals surface area contributed by atoms with Crippen molar-refractivity contribution in [3.8, 4) is 0 Å². The summed E-state index contributed by atoms with van der Waals surface area (Å²) in [4.78, 5) is 22.7. The molecule has 2 rings (SSSR count). The molecule has 1 atom stereocenters. The Morgan fingerprint density at radius 2 is 2.19 bits per heavy atom. The molecule has 1 amide bonds. The Morgan fingerprint density at radius 1 is 1.48 bits per heavy atom. The molecule has 1 fully saturated rings. The summed E-state index contributed by atoms with van der Waals surface area (Å²) < 4.78 is 0. The van der Waals surface area contributed by atoms with Crippen molar-refractivity contribution in [3.05, 3.63) is 33.9 Å². The second-order valence-electron chi connectivity index (χ2n) is 6.22. The van der Waals surface area contributed by atoms with Crippen molar-refractivity contribution in [3.63, 3.8) is 0 Å². The standard InChI is InChI=1S/C15H21N3O3/c1-10-9-11(18(20)21)5-6-12(10)17-14(19)13-15(2,3)7-4-8-16-13/h5-6,9,13,16H,4,7-8H2,1-3H3,(H,17,19). The van der Waals surface area contributed by atoms with Crippen molar-refractivity contribution in [1.82, 2.24) is 5.32 Å². The fraction of sp³-hybridized carbons (Fsp3) is 0.533. The van der Waals surface area contributed by atoms with Gasteiger partial charge >= 0.3 is 0 Å². The van der Waals surface area contributed by atoms with Crippen LogP contribution in [0.4, 0.5) is 11.4 Å². The summed E-state index contributed by atoms with van der Waals surface area (Å²) in [7, 11) is 0. The molecule has 1 saturated heterocycles. The Morgan fingerprint density at radius 3 is 2.76 bits per heavy atom. The fourth-order valence-electron chi connectivity index (χ4n) is 2.77. The lowest BCUT2D eigenvalue weighted by Gasteiger charge is -2.38. The summed E-state index contributed by atoms with van der Waals surface area (Å²) in [6.07, 6.45) is 2.06. The van der Waals surface area contributed by atoms with Crippen LogP contribution in [0.1, 0.15) is 32.3 Å². The number of anilines is 1. The molecule has 1 aromatic carbocycles. The van der Waals surface area contributed by atoms with Gasteiger partial charge in [-0.15, -0.1) is 0 Å². The summed E-state index contributed by atoms with van der Waals surface area (Å²) in [5.41, 5.74) is 1.23. The summed E-state index contributed by atoms with van der Waals surface area (Å²) in [6.45, 7) is 6.74. The minimum atomic E-state index is -0.440. The van der Waals surface area contributed by atoms with Crippen LogP contribution in [0, 0.1) is 22.5 Å². The van der Waals surface area contributed by atoms with Gasteiger partial charge in [0.1, 0.15) is 0 Å². The lowest BCUT2D eigenvalue weighted by molar-refractivity contribution is -0.384. The van der Waals surface area contributed by atoms with Gasteiger partial charge in [0.05, 0.1) is 11.0 Å². The number of piperidine rings is 1. The Kier molecular flexibility index (Phi) is 4.27. The molecule has 1 unspecified atom stereocenters. The van der Waals surface area contributed by atoms with E-state index < -0.39 is 4.92 Å². The molecule has 0 saturated carbocycles. The van der Waals surface area contributed by atoms with Crippen molar-refractivity contribution >= 4 is 17.3 Å². The number of amides is 1. The van der Waals surface area contributed by atoms with E-state index in [9.17, 15) is 14.9 Å². The zero-order valence-electron chi connectivity index (χ0n) is 12.6. The first-order valence-electron chi connectivity index (χ1n) is 7.10. The summed E-state index contributed by atoms with van der Waals surface area (Å²) in [5.74, 6) is -0.0864. The van der Waals surface area contributed by atoms with Gasteiger partial charge in [-0.2, -0.15) is 0 Å². The molecule has 0 aliphatic carbocycles. The van der Waals surface area contributed by atoms with Crippen LogP contribution in [0.3, 0.4) is 0 Å². The quantitative estimate of drug-likeness (QED) is 0.662. The van der Waals surface area contributed by atoms with E-state index in [1.165, 1.54) is 12.1 Å². The van der Waals surface area contributed by atoms with Gasteiger partial charge in [-0.05, 0) is 43.4 Å². The van der Waals surface area contributed by atoms with Gasteiger partial charge in [-0.3, -0.25) is 14.9 Å². The number of carbonyl (C=O) groups excluding carboxylic acids is 1. The van der Waals surface area contributed by atoms with Gasteiger partial charge in [0.2, 0.25) is 5.91 Å². The predicted octanol–water partition coefficient (Wildman–Crippen LogP) is 2.62. The molecule has 1 aliphatic rings. The zero-order valence-corrected chi connectivity index (χ0v) is 12.6. The number of aryl methyl sites for hydroxylation is 1. The van der Waals surface area contributed by atoms with E-state index in [-0.39, 0.29) is 23.1 Å². The van der Waals surface area contributed by atoms with Crippen molar-refractivity contribution in [2.45, 2.75) is 39.7 Å². The normalized spacial score (nSPS) is 20.8. The first-order valence-corrected chi connectivity index (χ1v) is 7.10. The second-order valence-corrected chi connectivity index (χ2v) is 6.22. The number of non-ortho nitro benzene ring substituents is 1. The first kappa shape index (κ1) is 15.4. The van der Waals surface area contributed by atoms with Crippen LogP contribution >= 0.6 is 0 Å². The number of carbonyl (C=O) groups is 1. The Balaban J connectivity index is 2.14. The van der Waals surface area contributed by atoms with E-state index in [0.717, 1.165) is 19.4 Å². The summed E-state index contributed by atoms with van der Waals surface area (Å²) >= 11 is 0. The number of hydrogen-bond donors (Lipinski definition) is 2. The topological polar surface area (TPSA) is 84.3 Å². The third-order valence-electron chi connectivity index (χ3n) is 4.07. The second kappa shape index (κ2) is 5.81. The minimum Gasteiger partial charge on any atom is -0.324 e. The molecule has 114 valence electrons. The van der Waals surface area contributed by atoms with E-state index in [0.29, 0.717) is 11.3 Å². The third-order valence-corrected chi connectivity index (χ3v) is 4.07. The van der Waals surface area contributed by atoms with E-state index in [4.69, 9.17) is 0 Å². The maximum Gasteiger partial charge on any atom is 0.269 e. The van der Waals surface area contributed by atoms with E-state index in [2.05, 4.69) is 24.5 Å². The minimum absolute atomic E-state index is 0.0293. The molecule has 0 radical (unpaired) electrons. The van der Waals surface area contributed by atoms with Crippen molar-refractivity contribution in [1.29, 1.82) is 0 Å². The monoisotopic (exact) mass is 291 g/mol. The van der Waals surface area contributed by atoms with Crippen LogP contribution in [0.25, 0.3) is 0 Å². The van der Waals surface area contributed by atoms with Gasteiger partial charge in [0.15, 0.2) is 0 Å². The maximum absolute atomic E-state index is 12.4. The highest BCUT2D eigenvalue weighted by Gasteiger charge is 2.37. The Labute approximate surface area is 124 Å². The molecule has 6 heteroatoms. The molecule has 6 nitrogen and oxygen atoms in total. The Hall–Kier alpha value is -1.95. The van der Waals surface area contributed by atoms with Crippen LogP contribution in [-0.2, 0) is 4.79 Å². The number of nitrogens with zero attached hydrogens (tertiary/aromatic N) is 1. The van der Waals surface area contributed by atoms with Crippen molar-refractivity contribution in [2.75, 3.05) is 11.9 Å². The molecular formula is C15H21N3O3. The fourth-order valence-corrected chi connectivity index (χ4v) is 2.77. The number of nitro groups is 1. The largest absolute Gasteiger partial charge is 0.324 e. The number of nitrogens with one attached hydrogen (secondary N) is 2. The van der Waals surface area contributed by atoms with E-state index in [1.54, 1.807) is 13.0 Å². The van der Waals surface area contributed by atoms with E-state index >= 15 is 0 Å². The molecule has 0 bridgehead atoms. The highest BCUT2D eigenvalue weighted by atomic mass is 16.6. The maximum atomic E-state index is 12.4. The molecular weight excluding hydrogens is 270 g/mol. The van der Waals surface area contributed by atoms with Crippen LogP contribution in [0.2, 0.25) is 0 Å². The van der Waals surface area contributed by atoms with Crippen LogP contribution in [0.5, 0.6) is 0 Å². The molecule has 21 heavy (non-hydrogen) atoms. The molecule has 0 spiro atoms. The van der Waals surface area contributed by atoms with E-state index in [1.807, 2.05) is 0 Å². The smallest absolute Gasteiger partial charge is 0.269 e. The molecule has 0 aromatic heterocycles. The highest BCUT2D eigenvalue weighted by molar-refractivity contribution is 5.96. The highest BCUT2D eigenvalue weighted by Crippen LogP contribution is 2.31. The van der Waals surface area contributed by atoms with Gasteiger partial charge < -0.3 is 10.6 Å².